The topological polar surface area (TPSA) is 58.4 Å². The second-order valence-corrected chi connectivity index (χ2v) is 6.88. The number of furan rings is 1. The fourth-order valence-electron chi connectivity index (χ4n) is 3.21. The summed E-state index contributed by atoms with van der Waals surface area (Å²) in [5, 5.41) is 5.59. The standard InChI is InChI=1S/C18H19N3O2S/c1-12-14(8-11-23-12)17(22)19-13-6-9-21(10-7-13)18-15-4-2-3-5-16(15)20-24-18/h2-5,8,11,13H,6-7,9-10H2,1H3,(H,19,22). The van der Waals surface area contributed by atoms with Crippen molar-refractivity contribution in [2.24, 2.45) is 0 Å². The molecule has 0 bridgehead atoms. The summed E-state index contributed by atoms with van der Waals surface area (Å²) >= 11 is 1.56. The second-order valence-electron chi connectivity index (χ2n) is 6.13. The maximum atomic E-state index is 12.3. The van der Waals surface area contributed by atoms with E-state index in [1.807, 2.05) is 13.0 Å². The number of carbonyl (C=O) groups excluding carboxylic acids is 1. The summed E-state index contributed by atoms with van der Waals surface area (Å²) in [5.74, 6) is 0.629. The Morgan fingerprint density at radius 3 is 2.83 bits per heavy atom. The number of piperidine rings is 1. The predicted molar refractivity (Wildman–Crippen MR) is 95.8 cm³/mol. The van der Waals surface area contributed by atoms with Gasteiger partial charge in [-0.3, -0.25) is 4.79 Å². The summed E-state index contributed by atoms with van der Waals surface area (Å²) in [6.07, 6.45) is 3.44. The maximum absolute atomic E-state index is 12.3. The van der Waals surface area contributed by atoms with Gasteiger partial charge in [-0.2, -0.15) is 4.37 Å². The maximum Gasteiger partial charge on any atom is 0.255 e. The summed E-state index contributed by atoms with van der Waals surface area (Å²) in [5.41, 5.74) is 1.69. The molecule has 0 radical (unpaired) electrons. The van der Waals surface area contributed by atoms with Gasteiger partial charge in [-0.15, -0.1) is 0 Å². The normalized spacial score (nSPS) is 15.8. The van der Waals surface area contributed by atoms with Crippen molar-refractivity contribution in [3.05, 3.63) is 47.9 Å². The van der Waals surface area contributed by atoms with Gasteiger partial charge in [0, 0.05) is 24.5 Å². The smallest absolute Gasteiger partial charge is 0.255 e. The average molecular weight is 341 g/mol. The molecule has 0 atom stereocenters. The van der Waals surface area contributed by atoms with Gasteiger partial charge in [0.05, 0.1) is 17.3 Å². The van der Waals surface area contributed by atoms with E-state index in [9.17, 15) is 4.79 Å². The molecular formula is C18H19N3O2S. The van der Waals surface area contributed by atoms with Gasteiger partial charge in [0.1, 0.15) is 10.8 Å². The molecule has 1 amide bonds. The van der Waals surface area contributed by atoms with E-state index in [-0.39, 0.29) is 11.9 Å². The second kappa shape index (κ2) is 6.28. The Morgan fingerprint density at radius 1 is 1.29 bits per heavy atom. The van der Waals surface area contributed by atoms with Crippen molar-refractivity contribution in [3.8, 4) is 0 Å². The Kier molecular flexibility index (Phi) is 3.98. The number of anilines is 1. The minimum atomic E-state index is -0.0389. The molecule has 1 fully saturated rings. The molecule has 24 heavy (non-hydrogen) atoms. The first-order valence-electron chi connectivity index (χ1n) is 8.16. The van der Waals surface area contributed by atoms with E-state index in [1.165, 1.54) is 10.4 Å². The van der Waals surface area contributed by atoms with Gasteiger partial charge >= 0.3 is 0 Å². The van der Waals surface area contributed by atoms with Crippen LogP contribution in [0, 0.1) is 6.92 Å². The van der Waals surface area contributed by atoms with Crippen LogP contribution in [0.15, 0.2) is 41.0 Å². The molecule has 1 aliphatic heterocycles. The number of aromatic nitrogens is 1. The van der Waals surface area contributed by atoms with Crippen molar-refractivity contribution in [3.63, 3.8) is 0 Å². The summed E-state index contributed by atoms with van der Waals surface area (Å²) in [7, 11) is 0. The van der Waals surface area contributed by atoms with Crippen molar-refractivity contribution in [1.29, 1.82) is 0 Å². The van der Waals surface area contributed by atoms with Gasteiger partial charge < -0.3 is 14.6 Å². The molecule has 1 saturated heterocycles. The molecule has 0 spiro atoms. The molecular weight excluding hydrogens is 322 g/mol. The van der Waals surface area contributed by atoms with Gasteiger partial charge in [0.2, 0.25) is 0 Å². The molecule has 124 valence electrons. The van der Waals surface area contributed by atoms with Crippen molar-refractivity contribution >= 4 is 33.3 Å². The number of carbonyl (C=O) groups is 1. The van der Waals surface area contributed by atoms with Crippen LogP contribution in [-0.2, 0) is 0 Å². The third-order valence-electron chi connectivity index (χ3n) is 4.59. The van der Waals surface area contributed by atoms with Crippen LogP contribution in [0.1, 0.15) is 29.0 Å². The number of rotatable bonds is 3. The Balaban J connectivity index is 1.40. The van der Waals surface area contributed by atoms with Gasteiger partial charge in [0.15, 0.2) is 0 Å². The van der Waals surface area contributed by atoms with E-state index >= 15 is 0 Å². The Labute approximate surface area is 144 Å². The summed E-state index contributed by atoms with van der Waals surface area (Å²) in [6, 6.07) is 10.2. The molecule has 1 aliphatic rings. The minimum Gasteiger partial charge on any atom is -0.469 e. The zero-order valence-electron chi connectivity index (χ0n) is 13.5. The predicted octanol–water partition coefficient (Wildman–Crippen LogP) is 3.60. The van der Waals surface area contributed by atoms with Gasteiger partial charge in [-0.1, -0.05) is 12.1 Å². The first kappa shape index (κ1) is 15.2. The summed E-state index contributed by atoms with van der Waals surface area (Å²) in [6.45, 7) is 3.68. The molecule has 4 rings (SSSR count). The highest BCUT2D eigenvalue weighted by atomic mass is 32.1. The fraction of sp³-hybridized carbons (Fsp3) is 0.333. The molecule has 3 aromatic rings. The number of fused-ring (bicyclic) bond motifs is 1. The van der Waals surface area contributed by atoms with Gasteiger partial charge in [-0.25, -0.2) is 0 Å². The van der Waals surface area contributed by atoms with E-state index in [2.05, 4.69) is 32.8 Å². The van der Waals surface area contributed by atoms with Crippen molar-refractivity contribution in [2.45, 2.75) is 25.8 Å². The van der Waals surface area contributed by atoms with Crippen molar-refractivity contribution < 1.29 is 9.21 Å². The number of aryl methyl sites for hydroxylation is 1. The first-order valence-corrected chi connectivity index (χ1v) is 8.94. The number of hydrogen-bond acceptors (Lipinski definition) is 5. The highest BCUT2D eigenvalue weighted by Crippen LogP contribution is 2.32. The van der Waals surface area contributed by atoms with Crippen molar-refractivity contribution in [1.82, 2.24) is 9.69 Å². The van der Waals surface area contributed by atoms with Crippen LogP contribution >= 0.6 is 11.5 Å². The van der Waals surface area contributed by atoms with E-state index in [1.54, 1.807) is 23.9 Å². The number of amides is 1. The SMILES string of the molecule is Cc1occc1C(=O)NC1CCN(c2snc3ccccc23)CC1. The number of hydrogen-bond donors (Lipinski definition) is 1. The van der Waals surface area contributed by atoms with E-state index < -0.39 is 0 Å². The van der Waals surface area contributed by atoms with Gasteiger partial charge in [-0.05, 0) is 49.5 Å². The van der Waals surface area contributed by atoms with Gasteiger partial charge in [0.25, 0.3) is 5.91 Å². The van der Waals surface area contributed by atoms with E-state index in [4.69, 9.17) is 4.42 Å². The first-order chi connectivity index (χ1) is 11.7. The van der Waals surface area contributed by atoms with Crippen LogP contribution in [0.5, 0.6) is 0 Å². The minimum absolute atomic E-state index is 0.0389. The lowest BCUT2D eigenvalue weighted by atomic mass is 10.0. The summed E-state index contributed by atoms with van der Waals surface area (Å²) in [4.78, 5) is 14.7. The molecule has 1 aromatic carbocycles. The number of benzene rings is 1. The molecule has 1 N–H and O–H groups in total. The molecule has 3 heterocycles. The lowest BCUT2D eigenvalue weighted by Gasteiger charge is -2.33. The average Bonchev–Trinajstić information content (AvgIpc) is 3.22. The zero-order chi connectivity index (χ0) is 16.5. The van der Waals surface area contributed by atoms with E-state index in [0.717, 1.165) is 31.4 Å². The van der Waals surface area contributed by atoms with Crippen LogP contribution in [-0.4, -0.2) is 29.4 Å². The third kappa shape index (κ3) is 2.78. The molecule has 0 aliphatic carbocycles. The molecule has 5 nitrogen and oxygen atoms in total. The van der Waals surface area contributed by atoms with Crippen molar-refractivity contribution in [2.75, 3.05) is 18.0 Å². The van der Waals surface area contributed by atoms with Crippen LogP contribution in [0.4, 0.5) is 5.00 Å². The summed E-state index contributed by atoms with van der Waals surface area (Å²) < 4.78 is 9.73. The lowest BCUT2D eigenvalue weighted by molar-refractivity contribution is 0.0929. The largest absolute Gasteiger partial charge is 0.469 e. The quantitative estimate of drug-likeness (QED) is 0.791. The molecule has 0 saturated carbocycles. The van der Waals surface area contributed by atoms with E-state index in [0.29, 0.717) is 11.3 Å². The Morgan fingerprint density at radius 2 is 2.08 bits per heavy atom. The third-order valence-corrected chi connectivity index (χ3v) is 5.52. The highest BCUT2D eigenvalue weighted by molar-refractivity contribution is 7.11. The van der Waals surface area contributed by atoms with Crippen LogP contribution < -0.4 is 10.2 Å². The molecule has 2 aromatic heterocycles. The Bertz CT molecular complexity index is 862. The highest BCUT2D eigenvalue weighted by Gasteiger charge is 2.24. The monoisotopic (exact) mass is 341 g/mol. The molecule has 0 unspecified atom stereocenters. The number of nitrogens with one attached hydrogen (secondary N) is 1. The van der Waals surface area contributed by atoms with Crippen LogP contribution in [0.3, 0.4) is 0 Å². The molecule has 6 heteroatoms. The lowest BCUT2D eigenvalue weighted by Crippen LogP contribution is -2.44. The zero-order valence-corrected chi connectivity index (χ0v) is 14.3. The number of nitrogens with zero attached hydrogens (tertiary/aromatic N) is 2. The van der Waals surface area contributed by atoms with Crippen LogP contribution in [0.25, 0.3) is 10.9 Å². The fourth-order valence-corrected chi connectivity index (χ4v) is 4.13. The Hall–Kier alpha value is -2.34. The van der Waals surface area contributed by atoms with Crippen LogP contribution in [0.2, 0.25) is 0 Å².